The first-order valence-electron chi connectivity index (χ1n) is 10.8. The van der Waals surface area contributed by atoms with E-state index in [1.165, 1.54) is 27.7 Å². The van der Waals surface area contributed by atoms with Crippen molar-refractivity contribution in [1.29, 1.82) is 0 Å². The van der Waals surface area contributed by atoms with Crippen molar-refractivity contribution in [3.8, 4) is 33.6 Å². The molecular weight excluding hydrogens is 581 g/mol. The maximum Gasteiger partial charge on any atom is 0.400 e. The van der Waals surface area contributed by atoms with Gasteiger partial charge in [-0.15, -0.1) is 24.3 Å². The van der Waals surface area contributed by atoms with Crippen LogP contribution in [0.5, 0.6) is 0 Å². The van der Waals surface area contributed by atoms with Gasteiger partial charge in [0.05, 0.1) is 0 Å². The maximum absolute atomic E-state index is 4.72. The molecule has 0 fully saturated rings. The van der Waals surface area contributed by atoms with Gasteiger partial charge in [0, 0.05) is 38.3 Å². The quantitative estimate of drug-likeness (QED) is 0.205. The second-order valence-corrected chi connectivity index (χ2v) is 8.07. The summed E-state index contributed by atoms with van der Waals surface area (Å²) >= 11 is 0. The van der Waals surface area contributed by atoms with Crippen LogP contribution in [0.4, 0.5) is 5.69 Å². The van der Waals surface area contributed by atoms with Crippen molar-refractivity contribution in [3.63, 3.8) is 0 Å². The zero-order valence-corrected chi connectivity index (χ0v) is 20.5. The molecule has 0 bridgehead atoms. The third-order valence-corrected chi connectivity index (χ3v) is 6.27. The van der Waals surface area contributed by atoms with Crippen LogP contribution < -0.4 is 10.3 Å². The Hall–Kier alpha value is -3.40. The molecule has 161 valence electrons. The summed E-state index contributed by atoms with van der Waals surface area (Å²) in [4.78, 5) is 7.06. The van der Waals surface area contributed by atoms with Gasteiger partial charge in [0.15, 0.2) is 0 Å². The van der Waals surface area contributed by atoms with Gasteiger partial charge in [0.2, 0.25) is 0 Å². The summed E-state index contributed by atoms with van der Waals surface area (Å²) in [5.74, 6) is 0.950. The Morgan fingerprint density at radius 1 is 0.758 bits per heavy atom. The Morgan fingerprint density at radius 2 is 1.39 bits per heavy atom. The van der Waals surface area contributed by atoms with Gasteiger partial charge >= 0.3 is 6.98 Å². The summed E-state index contributed by atoms with van der Waals surface area (Å²) in [6, 6.07) is 37.5. The Labute approximate surface area is 208 Å². The average Bonchev–Trinajstić information content (AvgIpc) is 3.35. The second kappa shape index (κ2) is 8.86. The average molecular weight is 603 g/mol. The molecule has 0 amide bonds. The Kier molecular flexibility index (Phi) is 5.76. The number of nitrogens with zero attached hydrogens (tertiary/aromatic N) is 3. The summed E-state index contributed by atoms with van der Waals surface area (Å²) in [5, 5.41) is 0. The van der Waals surface area contributed by atoms with Crippen molar-refractivity contribution in [2.45, 2.75) is 0 Å². The molecule has 0 N–H and O–H groups in total. The van der Waals surface area contributed by atoms with Crippen LogP contribution in [-0.2, 0) is 20.1 Å². The van der Waals surface area contributed by atoms with Crippen molar-refractivity contribution < 1.29 is 20.1 Å². The smallest absolute Gasteiger partial charge is 0.400 e. The van der Waals surface area contributed by atoms with Crippen LogP contribution in [0.3, 0.4) is 0 Å². The molecule has 0 aliphatic carbocycles. The van der Waals surface area contributed by atoms with E-state index in [9.17, 15) is 0 Å². The maximum atomic E-state index is 4.72. The number of benzene rings is 4. The van der Waals surface area contributed by atoms with E-state index in [0.29, 0.717) is 0 Å². The van der Waals surface area contributed by atoms with E-state index >= 15 is 0 Å². The summed E-state index contributed by atoms with van der Waals surface area (Å²) < 4.78 is 2.27. The van der Waals surface area contributed by atoms with Gasteiger partial charge in [0.25, 0.3) is 0 Å². The molecule has 33 heavy (non-hydrogen) atoms. The molecule has 1 aliphatic heterocycles. The minimum absolute atomic E-state index is 0. The van der Waals surface area contributed by atoms with Crippen LogP contribution in [-0.4, -0.2) is 23.5 Å². The van der Waals surface area contributed by atoms with E-state index in [2.05, 4.69) is 114 Å². The second-order valence-electron chi connectivity index (χ2n) is 8.07. The molecule has 6 rings (SSSR count). The first kappa shape index (κ1) is 21.5. The number of hydrogen-bond donors (Lipinski definition) is 0. The summed E-state index contributed by atoms with van der Waals surface area (Å²) in [6.45, 7) is -0.0394. The number of imidazole rings is 1. The van der Waals surface area contributed by atoms with Crippen molar-refractivity contribution in [2.75, 3.05) is 11.9 Å². The SMILES string of the molecule is CN1B(c2c(-c3ccccc3)cccc2-c2ccccc2)n2ccnc2-c2[c-]cccc21.[Ir]. The molecule has 4 aromatic carbocycles. The van der Waals surface area contributed by atoms with Crippen LogP contribution in [0, 0.1) is 6.07 Å². The third-order valence-electron chi connectivity index (χ3n) is 6.27. The minimum atomic E-state index is -0.0394. The fraction of sp³-hybridized carbons (Fsp3) is 0.0357. The van der Waals surface area contributed by atoms with Crippen molar-refractivity contribution in [2.24, 2.45) is 0 Å². The predicted octanol–water partition coefficient (Wildman–Crippen LogP) is 5.38. The third kappa shape index (κ3) is 3.54. The molecule has 0 spiro atoms. The zero-order valence-electron chi connectivity index (χ0n) is 18.1. The Bertz CT molecular complexity index is 1340. The van der Waals surface area contributed by atoms with Gasteiger partial charge in [-0.3, -0.25) is 4.98 Å². The van der Waals surface area contributed by atoms with Gasteiger partial charge in [-0.05, 0) is 34.8 Å². The van der Waals surface area contributed by atoms with E-state index < -0.39 is 0 Å². The summed E-state index contributed by atoms with van der Waals surface area (Å²) in [7, 11) is 2.16. The normalized spacial score (nSPS) is 12.0. The molecule has 1 aliphatic rings. The molecule has 1 radical (unpaired) electrons. The fourth-order valence-electron chi connectivity index (χ4n) is 4.84. The van der Waals surface area contributed by atoms with E-state index in [0.717, 1.165) is 17.1 Å². The molecule has 3 nitrogen and oxygen atoms in total. The Balaban J connectivity index is 0.00000228. The van der Waals surface area contributed by atoms with E-state index in [1.54, 1.807) is 0 Å². The number of aromatic nitrogens is 2. The number of anilines is 1. The van der Waals surface area contributed by atoms with Gasteiger partial charge in [-0.1, -0.05) is 90.1 Å². The minimum Gasteiger partial charge on any atom is -0.436 e. The fourth-order valence-corrected chi connectivity index (χ4v) is 4.84. The van der Waals surface area contributed by atoms with E-state index in [-0.39, 0.29) is 27.1 Å². The molecule has 0 saturated carbocycles. The summed E-state index contributed by atoms with van der Waals surface area (Å²) in [5.41, 5.74) is 8.31. The molecule has 2 heterocycles. The van der Waals surface area contributed by atoms with Crippen LogP contribution in [0.2, 0.25) is 0 Å². The van der Waals surface area contributed by atoms with Crippen LogP contribution in [0.1, 0.15) is 0 Å². The van der Waals surface area contributed by atoms with Crippen molar-refractivity contribution in [3.05, 3.63) is 116 Å². The van der Waals surface area contributed by atoms with Crippen LogP contribution in [0.25, 0.3) is 33.6 Å². The topological polar surface area (TPSA) is 21.1 Å². The molecule has 1 aromatic heterocycles. The monoisotopic (exact) mass is 603 g/mol. The largest absolute Gasteiger partial charge is 0.436 e. The number of hydrogen-bond acceptors (Lipinski definition) is 2. The first-order valence-corrected chi connectivity index (χ1v) is 10.8. The molecule has 0 saturated heterocycles. The van der Waals surface area contributed by atoms with Gasteiger partial charge < -0.3 is 9.29 Å². The predicted molar refractivity (Wildman–Crippen MR) is 133 cm³/mol. The van der Waals surface area contributed by atoms with Gasteiger partial charge in [0.1, 0.15) is 0 Å². The zero-order chi connectivity index (χ0) is 21.5. The van der Waals surface area contributed by atoms with Crippen molar-refractivity contribution >= 4 is 18.1 Å². The van der Waals surface area contributed by atoms with Crippen LogP contribution >= 0.6 is 0 Å². The molecule has 0 atom stereocenters. The van der Waals surface area contributed by atoms with Crippen molar-refractivity contribution in [1.82, 2.24) is 9.46 Å². The first-order chi connectivity index (χ1) is 15.8. The van der Waals surface area contributed by atoms with E-state index in [4.69, 9.17) is 4.98 Å². The molecular formula is C28H21BIrN3-. The molecule has 5 aromatic rings. The number of fused-ring (bicyclic) bond motifs is 3. The standard InChI is InChI=1S/C28H21BN3.Ir/c1-31-26-18-9-8-15-25(26)28-30-19-20-32(28)29(31)27-23(21-11-4-2-5-12-21)16-10-17-24(27)22-13-6-3-7-14-22;/h2-14,16-20H,1H3;/q-1;. The van der Waals surface area contributed by atoms with Gasteiger partial charge in [-0.25, -0.2) is 0 Å². The van der Waals surface area contributed by atoms with Crippen LogP contribution in [0.15, 0.2) is 109 Å². The Morgan fingerprint density at radius 3 is 2.03 bits per heavy atom. The summed E-state index contributed by atoms with van der Waals surface area (Å²) in [6.07, 6.45) is 3.97. The molecule has 5 heteroatoms. The number of rotatable bonds is 3. The molecule has 0 unspecified atom stereocenters. The van der Waals surface area contributed by atoms with E-state index in [1.807, 2.05) is 18.3 Å². The van der Waals surface area contributed by atoms with Gasteiger partial charge in [-0.2, -0.15) is 0 Å².